The molecule has 1 aliphatic rings. The fraction of sp³-hybridized carbons (Fsp3) is 0.900. The van der Waals surface area contributed by atoms with E-state index < -0.39 is 5.60 Å². The van der Waals surface area contributed by atoms with Gasteiger partial charge in [0.2, 0.25) is 0 Å². The molecule has 4 nitrogen and oxygen atoms in total. The second-order valence-corrected chi connectivity index (χ2v) is 4.29. The summed E-state index contributed by atoms with van der Waals surface area (Å²) < 4.78 is 10.4. The van der Waals surface area contributed by atoms with Crippen LogP contribution < -0.4 is 5.73 Å². The van der Waals surface area contributed by atoms with Crippen LogP contribution in [0.3, 0.4) is 0 Å². The van der Waals surface area contributed by atoms with Gasteiger partial charge in [-0.2, -0.15) is 0 Å². The molecule has 0 amide bonds. The SMILES string of the molecule is CC(C)(CC(=O)OC1CCC1)OCN. The summed E-state index contributed by atoms with van der Waals surface area (Å²) in [6.45, 7) is 3.80. The summed E-state index contributed by atoms with van der Waals surface area (Å²) in [6.07, 6.45) is 3.59. The van der Waals surface area contributed by atoms with E-state index in [1.807, 2.05) is 13.8 Å². The molecule has 0 aliphatic heterocycles. The van der Waals surface area contributed by atoms with Crippen LogP contribution in [0.25, 0.3) is 0 Å². The van der Waals surface area contributed by atoms with Crippen LogP contribution in [-0.2, 0) is 14.3 Å². The summed E-state index contributed by atoms with van der Waals surface area (Å²) in [5.41, 5.74) is 4.74. The van der Waals surface area contributed by atoms with E-state index in [9.17, 15) is 4.79 Å². The van der Waals surface area contributed by atoms with Gasteiger partial charge < -0.3 is 15.2 Å². The topological polar surface area (TPSA) is 61.5 Å². The Kier molecular flexibility index (Phi) is 3.89. The summed E-state index contributed by atoms with van der Waals surface area (Å²) in [6, 6.07) is 0. The van der Waals surface area contributed by atoms with Gasteiger partial charge in [0.1, 0.15) is 6.10 Å². The van der Waals surface area contributed by atoms with Crippen LogP contribution in [0.4, 0.5) is 0 Å². The predicted molar refractivity (Wildman–Crippen MR) is 52.6 cm³/mol. The molecular weight excluding hydrogens is 182 g/mol. The lowest BCUT2D eigenvalue weighted by Crippen LogP contribution is -2.34. The molecule has 0 aromatic rings. The highest BCUT2D eigenvalue weighted by Crippen LogP contribution is 2.24. The van der Waals surface area contributed by atoms with Gasteiger partial charge in [0.25, 0.3) is 0 Å². The molecule has 0 aromatic heterocycles. The largest absolute Gasteiger partial charge is 0.462 e. The first-order valence-electron chi connectivity index (χ1n) is 5.07. The second-order valence-electron chi connectivity index (χ2n) is 4.29. The van der Waals surface area contributed by atoms with E-state index in [2.05, 4.69) is 0 Å². The van der Waals surface area contributed by atoms with Gasteiger partial charge in [0, 0.05) is 0 Å². The van der Waals surface area contributed by atoms with Crippen LogP contribution in [-0.4, -0.2) is 24.4 Å². The Labute approximate surface area is 84.7 Å². The first-order valence-corrected chi connectivity index (χ1v) is 5.07. The Bertz CT molecular complexity index is 200. The molecular formula is C10H19NO3. The Morgan fingerprint density at radius 2 is 2.14 bits per heavy atom. The standard InChI is InChI=1S/C10H19NO3/c1-10(2,13-7-11)6-9(12)14-8-4-3-5-8/h8H,3-7,11H2,1-2H3. The predicted octanol–water partition coefficient (Wildman–Crippen LogP) is 1.18. The van der Waals surface area contributed by atoms with Crippen molar-refractivity contribution in [3.05, 3.63) is 0 Å². The number of ether oxygens (including phenoxy) is 2. The lowest BCUT2D eigenvalue weighted by molar-refractivity contribution is -0.159. The Morgan fingerprint density at radius 1 is 1.50 bits per heavy atom. The number of hydrogen-bond donors (Lipinski definition) is 1. The molecule has 1 aliphatic carbocycles. The van der Waals surface area contributed by atoms with Gasteiger partial charge in [-0.25, -0.2) is 0 Å². The number of nitrogens with two attached hydrogens (primary N) is 1. The van der Waals surface area contributed by atoms with Crippen molar-refractivity contribution in [2.45, 2.75) is 51.2 Å². The minimum Gasteiger partial charge on any atom is -0.462 e. The third kappa shape index (κ3) is 3.64. The Morgan fingerprint density at radius 3 is 2.57 bits per heavy atom. The molecule has 82 valence electrons. The van der Waals surface area contributed by atoms with Crippen molar-refractivity contribution in [1.29, 1.82) is 0 Å². The number of rotatable bonds is 5. The highest BCUT2D eigenvalue weighted by molar-refractivity contribution is 5.70. The van der Waals surface area contributed by atoms with Crippen LogP contribution in [0, 0.1) is 0 Å². The lowest BCUT2D eigenvalue weighted by atomic mass is 9.96. The summed E-state index contributed by atoms with van der Waals surface area (Å²) in [5, 5.41) is 0. The van der Waals surface area contributed by atoms with Crippen LogP contribution in [0.5, 0.6) is 0 Å². The van der Waals surface area contributed by atoms with E-state index in [4.69, 9.17) is 15.2 Å². The fourth-order valence-corrected chi connectivity index (χ4v) is 1.34. The van der Waals surface area contributed by atoms with E-state index in [-0.39, 0.29) is 25.2 Å². The summed E-state index contributed by atoms with van der Waals surface area (Å²) in [4.78, 5) is 11.4. The van der Waals surface area contributed by atoms with Gasteiger partial charge >= 0.3 is 5.97 Å². The average Bonchev–Trinajstić information content (AvgIpc) is 1.95. The highest BCUT2D eigenvalue weighted by atomic mass is 16.6. The van der Waals surface area contributed by atoms with Crippen molar-refractivity contribution in [2.24, 2.45) is 5.73 Å². The van der Waals surface area contributed by atoms with Crippen LogP contribution in [0.15, 0.2) is 0 Å². The number of esters is 1. The summed E-state index contributed by atoms with van der Waals surface area (Å²) in [7, 11) is 0. The maximum Gasteiger partial charge on any atom is 0.308 e. The number of carbonyl (C=O) groups excluding carboxylic acids is 1. The maximum absolute atomic E-state index is 11.4. The zero-order chi connectivity index (χ0) is 10.6. The zero-order valence-corrected chi connectivity index (χ0v) is 8.91. The molecule has 0 spiro atoms. The maximum atomic E-state index is 11.4. The summed E-state index contributed by atoms with van der Waals surface area (Å²) >= 11 is 0. The van der Waals surface area contributed by atoms with E-state index in [1.165, 1.54) is 6.42 Å². The van der Waals surface area contributed by atoms with Crippen molar-refractivity contribution in [3.8, 4) is 0 Å². The third-order valence-corrected chi connectivity index (χ3v) is 2.39. The minimum atomic E-state index is -0.518. The van der Waals surface area contributed by atoms with Crippen LogP contribution >= 0.6 is 0 Å². The normalized spacial score (nSPS) is 17.6. The van der Waals surface area contributed by atoms with Gasteiger partial charge in [0.05, 0.1) is 18.8 Å². The first-order chi connectivity index (χ1) is 6.53. The number of carbonyl (C=O) groups is 1. The molecule has 0 unspecified atom stereocenters. The molecule has 4 heteroatoms. The van der Waals surface area contributed by atoms with E-state index in [0.717, 1.165) is 12.8 Å². The monoisotopic (exact) mass is 201 g/mol. The molecule has 2 N–H and O–H groups in total. The fourth-order valence-electron chi connectivity index (χ4n) is 1.34. The molecule has 0 atom stereocenters. The lowest BCUT2D eigenvalue weighted by Gasteiger charge is -2.28. The Hall–Kier alpha value is -0.610. The first kappa shape index (κ1) is 11.5. The van der Waals surface area contributed by atoms with Crippen molar-refractivity contribution in [1.82, 2.24) is 0 Å². The molecule has 0 heterocycles. The third-order valence-electron chi connectivity index (χ3n) is 2.39. The summed E-state index contributed by atoms with van der Waals surface area (Å²) in [5.74, 6) is -0.187. The quantitative estimate of drug-likeness (QED) is 0.536. The van der Waals surface area contributed by atoms with Gasteiger partial charge in [-0.1, -0.05) is 0 Å². The van der Waals surface area contributed by atoms with Gasteiger partial charge in [0.15, 0.2) is 0 Å². The smallest absolute Gasteiger partial charge is 0.308 e. The van der Waals surface area contributed by atoms with Crippen molar-refractivity contribution in [3.63, 3.8) is 0 Å². The minimum absolute atomic E-state index is 0.129. The van der Waals surface area contributed by atoms with Crippen molar-refractivity contribution in [2.75, 3.05) is 6.73 Å². The van der Waals surface area contributed by atoms with Crippen molar-refractivity contribution >= 4 is 5.97 Å². The second kappa shape index (κ2) is 4.75. The highest BCUT2D eigenvalue weighted by Gasteiger charge is 2.27. The van der Waals surface area contributed by atoms with E-state index in [1.54, 1.807) is 0 Å². The molecule has 0 saturated heterocycles. The molecule has 1 rings (SSSR count). The number of hydrogen-bond acceptors (Lipinski definition) is 4. The van der Waals surface area contributed by atoms with E-state index >= 15 is 0 Å². The van der Waals surface area contributed by atoms with Gasteiger partial charge in [-0.3, -0.25) is 4.79 Å². The van der Waals surface area contributed by atoms with Gasteiger partial charge in [-0.15, -0.1) is 0 Å². The molecule has 0 radical (unpaired) electrons. The van der Waals surface area contributed by atoms with Crippen LogP contribution in [0.1, 0.15) is 39.5 Å². The Balaban J connectivity index is 2.23. The van der Waals surface area contributed by atoms with Crippen LogP contribution in [0.2, 0.25) is 0 Å². The molecule has 14 heavy (non-hydrogen) atoms. The van der Waals surface area contributed by atoms with E-state index in [0.29, 0.717) is 0 Å². The molecule has 1 fully saturated rings. The molecule has 0 bridgehead atoms. The van der Waals surface area contributed by atoms with Gasteiger partial charge in [-0.05, 0) is 33.1 Å². The average molecular weight is 201 g/mol. The molecule has 0 aromatic carbocycles. The molecule has 1 saturated carbocycles. The zero-order valence-electron chi connectivity index (χ0n) is 8.91. The van der Waals surface area contributed by atoms with Crippen molar-refractivity contribution < 1.29 is 14.3 Å².